The van der Waals surface area contributed by atoms with Crippen LogP contribution in [0, 0.1) is 12.8 Å². The third-order valence-electron chi connectivity index (χ3n) is 3.66. The maximum atomic E-state index is 3.79. The molecule has 1 N–H and O–H groups in total. The van der Waals surface area contributed by atoms with Gasteiger partial charge in [0.05, 0.1) is 0 Å². The number of nitrogens with one attached hydrogen (secondary N) is 1. The van der Waals surface area contributed by atoms with Crippen molar-refractivity contribution in [1.82, 2.24) is 5.32 Å². The zero-order chi connectivity index (χ0) is 12.3. The molecule has 1 aliphatic heterocycles. The highest BCUT2D eigenvalue weighted by atomic mass is 15.0. The van der Waals surface area contributed by atoms with E-state index in [1.807, 2.05) is 0 Å². The lowest BCUT2D eigenvalue weighted by atomic mass is 10.0. The molecule has 1 aromatic rings. The van der Waals surface area contributed by atoms with Gasteiger partial charge >= 0.3 is 0 Å². The lowest BCUT2D eigenvalue weighted by Gasteiger charge is -2.16. The fourth-order valence-corrected chi connectivity index (χ4v) is 2.94. The smallest absolute Gasteiger partial charge is 0.0111 e. The van der Waals surface area contributed by atoms with E-state index in [9.17, 15) is 0 Å². The van der Waals surface area contributed by atoms with Crippen LogP contribution < -0.4 is 5.32 Å². The molecule has 1 aromatic carbocycles. The zero-order valence-corrected chi connectivity index (χ0v) is 11.4. The van der Waals surface area contributed by atoms with Gasteiger partial charge in [-0.1, -0.05) is 43.7 Å². The molecule has 0 spiro atoms. The Hall–Kier alpha value is -0.820. The van der Waals surface area contributed by atoms with Crippen molar-refractivity contribution in [3.8, 4) is 0 Å². The first-order chi connectivity index (χ1) is 8.13. The van der Waals surface area contributed by atoms with Crippen LogP contribution >= 0.6 is 0 Å². The monoisotopic (exact) mass is 231 g/mol. The van der Waals surface area contributed by atoms with Crippen LogP contribution in [-0.4, -0.2) is 12.1 Å². The van der Waals surface area contributed by atoms with Crippen molar-refractivity contribution in [3.05, 3.63) is 35.4 Å². The molecule has 1 heterocycles. The standard InChI is InChI=1S/C16H25N/c1-12(2)9-15-7-8-16(17-15)11-14-6-4-5-13(3)10-14/h4-6,10,12,15-17H,7-9,11H2,1-3H3/t15-,16+/m1/s1. The third-order valence-corrected chi connectivity index (χ3v) is 3.66. The molecule has 1 aliphatic rings. The zero-order valence-electron chi connectivity index (χ0n) is 11.4. The second-order valence-electron chi connectivity index (χ2n) is 5.96. The largest absolute Gasteiger partial charge is 0.311 e. The Bertz CT molecular complexity index is 356. The minimum absolute atomic E-state index is 0.695. The summed E-state index contributed by atoms with van der Waals surface area (Å²) < 4.78 is 0. The van der Waals surface area contributed by atoms with Crippen LogP contribution in [0.15, 0.2) is 24.3 Å². The Morgan fingerprint density at radius 3 is 2.71 bits per heavy atom. The highest BCUT2D eigenvalue weighted by Crippen LogP contribution is 2.21. The molecule has 0 aliphatic carbocycles. The summed E-state index contributed by atoms with van der Waals surface area (Å²) in [6.07, 6.45) is 5.21. The highest BCUT2D eigenvalue weighted by Gasteiger charge is 2.23. The molecule has 0 aromatic heterocycles. The van der Waals surface area contributed by atoms with E-state index < -0.39 is 0 Å². The van der Waals surface area contributed by atoms with E-state index in [1.54, 1.807) is 0 Å². The van der Waals surface area contributed by atoms with Crippen molar-refractivity contribution >= 4 is 0 Å². The molecule has 1 nitrogen and oxygen atoms in total. The van der Waals surface area contributed by atoms with Gasteiger partial charge in [-0.15, -0.1) is 0 Å². The molecular weight excluding hydrogens is 206 g/mol. The van der Waals surface area contributed by atoms with Crippen LogP contribution in [0.2, 0.25) is 0 Å². The first kappa shape index (κ1) is 12.6. The van der Waals surface area contributed by atoms with E-state index in [0.717, 1.165) is 12.0 Å². The van der Waals surface area contributed by atoms with E-state index in [-0.39, 0.29) is 0 Å². The average molecular weight is 231 g/mol. The average Bonchev–Trinajstić information content (AvgIpc) is 2.64. The van der Waals surface area contributed by atoms with E-state index >= 15 is 0 Å². The number of aryl methyl sites for hydroxylation is 1. The van der Waals surface area contributed by atoms with Gasteiger partial charge in [0.2, 0.25) is 0 Å². The Labute approximate surface area is 106 Å². The van der Waals surface area contributed by atoms with Crippen LogP contribution in [0.25, 0.3) is 0 Å². The molecule has 1 saturated heterocycles. The Kier molecular flexibility index (Phi) is 4.22. The van der Waals surface area contributed by atoms with Gasteiger partial charge < -0.3 is 5.32 Å². The van der Waals surface area contributed by atoms with Gasteiger partial charge in [0.15, 0.2) is 0 Å². The van der Waals surface area contributed by atoms with Crippen molar-refractivity contribution in [1.29, 1.82) is 0 Å². The van der Waals surface area contributed by atoms with Crippen LogP contribution in [0.4, 0.5) is 0 Å². The highest BCUT2D eigenvalue weighted by molar-refractivity contribution is 5.23. The van der Waals surface area contributed by atoms with Gasteiger partial charge in [-0.05, 0) is 44.1 Å². The van der Waals surface area contributed by atoms with Crippen LogP contribution in [0.3, 0.4) is 0 Å². The molecule has 0 radical (unpaired) electrons. The molecule has 0 saturated carbocycles. The van der Waals surface area contributed by atoms with Crippen molar-refractivity contribution < 1.29 is 0 Å². The minimum Gasteiger partial charge on any atom is -0.311 e. The van der Waals surface area contributed by atoms with Gasteiger partial charge in [0, 0.05) is 12.1 Å². The van der Waals surface area contributed by atoms with Crippen molar-refractivity contribution in [2.24, 2.45) is 5.92 Å². The maximum Gasteiger partial charge on any atom is 0.0111 e. The van der Waals surface area contributed by atoms with Crippen molar-refractivity contribution in [2.45, 2.75) is 58.5 Å². The summed E-state index contributed by atoms with van der Waals surface area (Å²) >= 11 is 0. The van der Waals surface area contributed by atoms with Crippen molar-refractivity contribution in [3.63, 3.8) is 0 Å². The Morgan fingerprint density at radius 2 is 2.00 bits per heavy atom. The Balaban J connectivity index is 1.85. The van der Waals surface area contributed by atoms with E-state index in [0.29, 0.717) is 6.04 Å². The molecule has 2 rings (SSSR count). The van der Waals surface area contributed by atoms with E-state index in [1.165, 1.54) is 36.8 Å². The number of hydrogen-bond donors (Lipinski definition) is 1. The van der Waals surface area contributed by atoms with Crippen LogP contribution in [-0.2, 0) is 6.42 Å². The predicted octanol–water partition coefficient (Wildman–Crippen LogP) is 3.70. The van der Waals surface area contributed by atoms with Gasteiger partial charge in [-0.25, -0.2) is 0 Å². The first-order valence-electron chi connectivity index (χ1n) is 6.95. The number of benzene rings is 1. The summed E-state index contributed by atoms with van der Waals surface area (Å²) in [4.78, 5) is 0. The lowest BCUT2D eigenvalue weighted by molar-refractivity contribution is 0.443. The van der Waals surface area contributed by atoms with Gasteiger partial charge in [0.1, 0.15) is 0 Å². The van der Waals surface area contributed by atoms with Gasteiger partial charge in [0.25, 0.3) is 0 Å². The summed E-state index contributed by atoms with van der Waals surface area (Å²) in [6, 6.07) is 10.4. The first-order valence-corrected chi connectivity index (χ1v) is 6.95. The lowest BCUT2D eigenvalue weighted by Crippen LogP contribution is -2.31. The fraction of sp³-hybridized carbons (Fsp3) is 0.625. The number of rotatable bonds is 4. The molecule has 0 amide bonds. The molecule has 0 unspecified atom stereocenters. The second kappa shape index (κ2) is 5.68. The molecule has 94 valence electrons. The van der Waals surface area contributed by atoms with Gasteiger partial charge in [-0.3, -0.25) is 0 Å². The molecule has 0 bridgehead atoms. The topological polar surface area (TPSA) is 12.0 Å². The molecule has 1 fully saturated rings. The molecule has 1 heteroatoms. The van der Waals surface area contributed by atoms with Gasteiger partial charge in [-0.2, -0.15) is 0 Å². The molecular formula is C16H25N. The summed E-state index contributed by atoms with van der Waals surface area (Å²) in [7, 11) is 0. The van der Waals surface area contributed by atoms with Crippen LogP contribution in [0.5, 0.6) is 0 Å². The Morgan fingerprint density at radius 1 is 1.24 bits per heavy atom. The summed E-state index contributed by atoms with van der Waals surface area (Å²) in [5.74, 6) is 0.810. The number of hydrogen-bond acceptors (Lipinski definition) is 1. The SMILES string of the molecule is Cc1cccc(C[C@@H]2CC[C@H](CC(C)C)N2)c1. The minimum atomic E-state index is 0.695. The van der Waals surface area contributed by atoms with Crippen molar-refractivity contribution in [2.75, 3.05) is 0 Å². The summed E-state index contributed by atoms with van der Waals surface area (Å²) in [5, 5.41) is 3.79. The predicted molar refractivity (Wildman–Crippen MR) is 74.3 cm³/mol. The quantitative estimate of drug-likeness (QED) is 0.833. The summed E-state index contributed by atoms with van der Waals surface area (Å²) in [5.41, 5.74) is 2.85. The molecule has 17 heavy (non-hydrogen) atoms. The summed E-state index contributed by atoms with van der Waals surface area (Å²) in [6.45, 7) is 6.80. The fourth-order valence-electron chi connectivity index (χ4n) is 2.94. The van der Waals surface area contributed by atoms with Crippen LogP contribution in [0.1, 0.15) is 44.2 Å². The van der Waals surface area contributed by atoms with E-state index in [2.05, 4.69) is 50.4 Å². The van der Waals surface area contributed by atoms with E-state index in [4.69, 9.17) is 0 Å². The normalized spacial score (nSPS) is 24.5. The second-order valence-corrected chi connectivity index (χ2v) is 5.96. The maximum absolute atomic E-state index is 3.79. The molecule has 2 atom stereocenters. The third kappa shape index (κ3) is 3.85.